The Hall–Kier alpha value is -1.39. The molecule has 1 aliphatic heterocycles. The maximum atomic E-state index is 12.0. The topological polar surface area (TPSA) is 66.6 Å². The van der Waals surface area contributed by atoms with E-state index in [-0.39, 0.29) is 5.91 Å². The number of aliphatic hydroxyl groups is 1. The summed E-state index contributed by atoms with van der Waals surface area (Å²) in [6.07, 6.45) is 1.13. The van der Waals surface area contributed by atoms with Gasteiger partial charge in [0.2, 0.25) is 5.91 Å². The Labute approximate surface area is 101 Å². The number of hydrogen-bond acceptors (Lipinski definition) is 3. The van der Waals surface area contributed by atoms with Crippen molar-refractivity contribution >= 4 is 5.91 Å². The maximum Gasteiger partial charge on any atom is 0.242 e. The quantitative estimate of drug-likeness (QED) is 0.807. The highest BCUT2D eigenvalue weighted by atomic mass is 16.3. The van der Waals surface area contributed by atoms with E-state index in [0.717, 1.165) is 25.9 Å². The van der Waals surface area contributed by atoms with Crippen molar-refractivity contribution in [2.75, 3.05) is 13.1 Å². The fourth-order valence-corrected chi connectivity index (χ4v) is 2.14. The van der Waals surface area contributed by atoms with Crippen molar-refractivity contribution < 1.29 is 9.90 Å². The molecule has 92 valence electrons. The van der Waals surface area contributed by atoms with Gasteiger partial charge in [-0.05, 0) is 18.4 Å². The first kappa shape index (κ1) is 12.1. The van der Waals surface area contributed by atoms with Crippen LogP contribution >= 0.6 is 0 Å². The lowest BCUT2D eigenvalue weighted by Crippen LogP contribution is -2.45. The largest absolute Gasteiger partial charge is 0.386 e. The molecule has 0 bridgehead atoms. The van der Waals surface area contributed by atoms with Gasteiger partial charge in [0.05, 0.1) is 0 Å². The molecule has 0 aliphatic carbocycles. The van der Waals surface area contributed by atoms with Crippen molar-refractivity contribution in [3.8, 4) is 0 Å². The second-order valence-corrected chi connectivity index (χ2v) is 4.41. The van der Waals surface area contributed by atoms with Gasteiger partial charge in [-0.1, -0.05) is 30.3 Å². The predicted molar refractivity (Wildman–Crippen MR) is 65.2 cm³/mol. The van der Waals surface area contributed by atoms with Crippen LogP contribution in [0.1, 0.15) is 24.5 Å². The van der Waals surface area contributed by atoms with Crippen LogP contribution in [-0.2, 0) is 4.79 Å². The van der Waals surface area contributed by atoms with Gasteiger partial charge in [0.1, 0.15) is 12.1 Å². The molecule has 1 fully saturated rings. The molecule has 1 saturated heterocycles. The Balaban J connectivity index is 2.04. The molecule has 3 N–H and O–H groups in total. The first-order valence-corrected chi connectivity index (χ1v) is 5.97. The molecule has 0 radical (unpaired) electrons. The summed E-state index contributed by atoms with van der Waals surface area (Å²) in [5.74, 6) is -0.154. The van der Waals surface area contributed by atoms with Crippen LogP contribution < -0.4 is 5.73 Å². The van der Waals surface area contributed by atoms with Gasteiger partial charge in [0, 0.05) is 13.1 Å². The van der Waals surface area contributed by atoms with Crippen LogP contribution in [0.3, 0.4) is 0 Å². The van der Waals surface area contributed by atoms with E-state index in [1.807, 2.05) is 18.2 Å². The fourth-order valence-electron chi connectivity index (χ4n) is 2.14. The summed E-state index contributed by atoms with van der Waals surface area (Å²) in [7, 11) is 0. The average molecular weight is 234 g/mol. The molecule has 1 heterocycles. The number of amides is 1. The molecule has 0 spiro atoms. The second-order valence-electron chi connectivity index (χ2n) is 4.41. The van der Waals surface area contributed by atoms with E-state index in [2.05, 4.69) is 0 Å². The van der Waals surface area contributed by atoms with Crippen molar-refractivity contribution in [2.45, 2.75) is 25.0 Å². The van der Waals surface area contributed by atoms with E-state index < -0.39 is 12.1 Å². The molecule has 2 rings (SSSR count). The second kappa shape index (κ2) is 5.29. The van der Waals surface area contributed by atoms with Crippen LogP contribution in [-0.4, -0.2) is 35.0 Å². The molecule has 17 heavy (non-hydrogen) atoms. The SMILES string of the molecule is NC(C(=O)N1CCCC1)C(O)c1ccccc1. The van der Waals surface area contributed by atoms with Gasteiger partial charge in [0.15, 0.2) is 0 Å². The maximum absolute atomic E-state index is 12.0. The van der Waals surface area contributed by atoms with Crippen LogP contribution in [0.4, 0.5) is 0 Å². The third-order valence-corrected chi connectivity index (χ3v) is 3.18. The lowest BCUT2D eigenvalue weighted by atomic mass is 10.0. The minimum atomic E-state index is -0.927. The lowest BCUT2D eigenvalue weighted by molar-refractivity contribution is -0.134. The zero-order valence-corrected chi connectivity index (χ0v) is 9.75. The number of nitrogens with zero attached hydrogens (tertiary/aromatic N) is 1. The predicted octanol–water partition coefficient (Wildman–Crippen LogP) is 0.670. The number of benzene rings is 1. The van der Waals surface area contributed by atoms with Crippen molar-refractivity contribution in [1.82, 2.24) is 4.90 Å². The standard InChI is InChI=1S/C13H18N2O2/c14-11(13(17)15-8-4-5-9-15)12(16)10-6-2-1-3-7-10/h1-3,6-7,11-12,16H,4-5,8-9,14H2. The molecule has 1 aromatic carbocycles. The van der Waals surface area contributed by atoms with Gasteiger partial charge in [0.25, 0.3) is 0 Å². The normalized spacial score (nSPS) is 19.1. The lowest BCUT2D eigenvalue weighted by Gasteiger charge is -2.24. The average Bonchev–Trinajstić information content (AvgIpc) is 2.91. The van der Waals surface area contributed by atoms with E-state index in [4.69, 9.17) is 5.73 Å². The van der Waals surface area contributed by atoms with E-state index >= 15 is 0 Å². The van der Waals surface area contributed by atoms with Gasteiger partial charge in [-0.25, -0.2) is 0 Å². The summed E-state index contributed by atoms with van der Waals surface area (Å²) in [4.78, 5) is 13.7. The molecule has 2 unspecified atom stereocenters. The van der Waals surface area contributed by atoms with Crippen molar-refractivity contribution in [3.63, 3.8) is 0 Å². The molecule has 1 aliphatic rings. The summed E-state index contributed by atoms with van der Waals surface area (Å²) in [5, 5.41) is 10.0. The molecule has 0 saturated carbocycles. The minimum absolute atomic E-state index is 0.154. The zero-order valence-electron chi connectivity index (χ0n) is 9.75. The van der Waals surface area contributed by atoms with E-state index in [0.29, 0.717) is 5.56 Å². The molecule has 4 heteroatoms. The Kier molecular flexibility index (Phi) is 3.76. The molecule has 2 atom stereocenters. The molecule has 1 amide bonds. The number of rotatable bonds is 3. The summed E-state index contributed by atoms with van der Waals surface area (Å²) < 4.78 is 0. The fraction of sp³-hybridized carbons (Fsp3) is 0.462. The Bertz CT molecular complexity index is 374. The van der Waals surface area contributed by atoms with Crippen LogP contribution in [0.5, 0.6) is 0 Å². The smallest absolute Gasteiger partial charge is 0.242 e. The number of carbonyl (C=O) groups excluding carboxylic acids is 1. The number of aliphatic hydroxyl groups excluding tert-OH is 1. The van der Waals surface area contributed by atoms with Gasteiger partial charge in [-0.2, -0.15) is 0 Å². The number of carbonyl (C=O) groups is 1. The van der Waals surface area contributed by atoms with Gasteiger partial charge in [-0.3, -0.25) is 4.79 Å². The van der Waals surface area contributed by atoms with Crippen molar-refractivity contribution in [3.05, 3.63) is 35.9 Å². The van der Waals surface area contributed by atoms with Crippen LogP contribution in [0, 0.1) is 0 Å². The van der Waals surface area contributed by atoms with Crippen molar-refractivity contribution in [2.24, 2.45) is 5.73 Å². The van der Waals surface area contributed by atoms with Crippen LogP contribution in [0.25, 0.3) is 0 Å². The molecule has 1 aromatic rings. The first-order chi connectivity index (χ1) is 8.20. The summed E-state index contributed by atoms with van der Waals surface area (Å²) in [6.45, 7) is 1.52. The molecular formula is C13H18N2O2. The molecule has 4 nitrogen and oxygen atoms in total. The van der Waals surface area contributed by atoms with Gasteiger partial charge in [-0.15, -0.1) is 0 Å². The van der Waals surface area contributed by atoms with E-state index in [1.54, 1.807) is 17.0 Å². The zero-order chi connectivity index (χ0) is 12.3. The highest BCUT2D eigenvalue weighted by Crippen LogP contribution is 2.18. The van der Waals surface area contributed by atoms with Crippen LogP contribution in [0.15, 0.2) is 30.3 Å². The summed E-state index contributed by atoms with van der Waals surface area (Å²) in [5.41, 5.74) is 6.52. The molecular weight excluding hydrogens is 216 g/mol. The van der Waals surface area contributed by atoms with Crippen molar-refractivity contribution in [1.29, 1.82) is 0 Å². The van der Waals surface area contributed by atoms with E-state index in [1.165, 1.54) is 0 Å². The molecule has 0 aromatic heterocycles. The minimum Gasteiger partial charge on any atom is -0.386 e. The number of hydrogen-bond donors (Lipinski definition) is 2. The Morgan fingerprint density at radius 3 is 2.41 bits per heavy atom. The number of likely N-dealkylation sites (tertiary alicyclic amines) is 1. The summed E-state index contributed by atoms with van der Waals surface area (Å²) >= 11 is 0. The van der Waals surface area contributed by atoms with E-state index in [9.17, 15) is 9.90 Å². The number of nitrogens with two attached hydrogens (primary N) is 1. The monoisotopic (exact) mass is 234 g/mol. The van der Waals surface area contributed by atoms with Crippen LogP contribution in [0.2, 0.25) is 0 Å². The third kappa shape index (κ3) is 2.65. The van der Waals surface area contributed by atoms with Gasteiger partial charge >= 0.3 is 0 Å². The highest BCUT2D eigenvalue weighted by Gasteiger charge is 2.29. The Morgan fingerprint density at radius 1 is 1.24 bits per heavy atom. The third-order valence-electron chi connectivity index (χ3n) is 3.18. The first-order valence-electron chi connectivity index (χ1n) is 5.97. The highest BCUT2D eigenvalue weighted by molar-refractivity contribution is 5.82. The summed E-state index contributed by atoms with van der Waals surface area (Å²) in [6, 6.07) is 8.21. The Morgan fingerprint density at radius 2 is 1.82 bits per heavy atom. The van der Waals surface area contributed by atoms with Gasteiger partial charge < -0.3 is 15.7 Å².